The molecule has 1 aliphatic heterocycles. The van der Waals surface area contributed by atoms with Crippen molar-refractivity contribution in [2.45, 2.75) is 37.5 Å². The van der Waals surface area contributed by atoms with Gasteiger partial charge in [0, 0.05) is 37.7 Å². The first-order chi connectivity index (χ1) is 21.2. The zero-order valence-corrected chi connectivity index (χ0v) is 24.7. The third-order valence-corrected chi connectivity index (χ3v) is 12.4. The van der Waals surface area contributed by atoms with Crippen LogP contribution in [0.15, 0.2) is 103 Å². The van der Waals surface area contributed by atoms with Crippen LogP contribution in [0.2, 0.25) is 5.02 Å². The fourth-order valence-corrected chi connectivity index (χ4v) is 11.1. The molecule has 0 N–H and O–H groups in total. The van der Waals surface area contributed by atoms with Crippen LogP contribution in [-0.2, 0) is 5.41 Å². The Hall–Kier alpha value is -4.01. The summed E-state index contributed by atoms with van der Waals surface area (Å²) in [7, 11) is 0. The van der Waals surface area contributed by atoms with Gasteiger partial charge in [0.05, 0.1) is 27.8 Å². The zero-order valence-electron chi connectivity index (χ0n) is 23.9. The second kappa shape index (κ2) is 7.92. The van der Waals surface area contributed by atoms with Crippen LogP contribution in [0.25, 0.3) is 55.0 Å². The normalized spacial score (nSPS) is 26.8. The maximum absolute atomic E-state index is 6.82. The summed E-state index contributed by atoms with van der Waals surface area (Å²) in [4.78, 5) is 0. The van der Waals surface area contributed by atoms with Gasteiger partial charge in [-0.1, -0.05) is 72.3 Å². The van der Waals surface area contributed by atoms with E-state index in [0.717, 1.165) is 16.9 Å². The molecule has 1 spiro atoms. The first-order valence-corrected chi connectivity index (χ1v) is 16.4. The van der Waals surface area contributed by atoms with Gasteiger partial charge in [-0.3, -0.25) is 0 Å². The van der Waals surface area contributed by atoms with E-state index in [1.807, 2.05) is 0 Å². The molecule has 7 aromatic rings. The van der Waals surface area contributed by atoms with Gasteiger partial charge >= 0.3 is 0 Å². The van der Waals surface area contributed by atoms with Gasteiger partial charge in [0.2, 0.25) is 0 Å². The molecule has 4 bridgehead atoms. The number of rotatable bonds is 1. The smallest absolute Gasteiger partial charge is 0.0582 e. The van der Waals surface area contributed by atoms with Gasteiger partial charge < -0.3 is 9.13 Å². The van der Waals surface area contributed by atoms with Crippen molar-refractivity contribution in [1.82, 2.24) is 9.13 Å². The minimum Gasteiger partial charge on any atom is -0.309 e. The Morgan fingerprint density at radius 2 is 1.19 bits per heavy atom. The molecule has 0 amide bonds. The predicted octanol–water partition coefficient (Wildman–Crippen LogP) is 10.6. The Bertz CT molecular complexity index is 2250. The number of fused-ring (bicyclic) bond motifs is 8. The highest BCUT2D eigenvalue weighted by molar-refractivity contribution is 6.31. The van der Waals surface area contributed by atoms with Crippen molar-refractivity contribution in [2.24, 2.45) is 23.7 Å². The van der Waals surface area contributed by atoms with Crippen molar-refractivity contribution in [3.8, 4) is 11.4 Å². The maximum Gasteiger partial charge on any atom is 0.0582 e. The summed E-state index contributed by atoms with van der Waals surface area (Å²) in [6, 6.07) is 38.8. The van der Waals surface area contributed by atoms with Crippen molar-refractivity contribution in [1.29, 1.82) is 0 Å². The van der Waals surface area contributed by atoms with Crippen LogP contribution in [0, 0.1) is 23.7 Å². The van der Waals surface area contributed by atoms with Crippen molar-refractivity contribution < 1.29 is 0 Å². The minimum absolute atomic E-state index is 0.0902. The van der Waals surface area contributed by atoms with Crippen molar-refractivity contribution in [3.63, 3.8) is 0 Å². The first-order valence-electron chi connectivity index (χ1n) is 16.1. The molecule has 0 unspecified atom stereocenters. The lowest BCUT2D eigenvalue weighted by atomic mass is 9.41. The van der Waals surface area contributed by atoms with Crippen molar-refractivity contribution in [3.05, 3.63) is 119 Å². The summed E-state index contributed by atoms with van der Waals surface area (Å²) < 4.78 is 5.01. The van der Waals surface area contributed by atoms with E-state index in [1.54, 1.807) is 5.56 Å². The van der Waals surface area contributed by atoms with E-state index in [0.29, 0.717) is 11.8 Å². The molecule has 3 heterocycles. The van der Waals surface area contributed by atoms with Crippen molar-refractivity contribution in [2.75, 3.05) is 0 Å². The number of aromatic nitrogens is 2. The lowest BCUT2D eigenvalue weighted by Crippen LogP contribution is -2.57. The maximum atomic E-state index is 6.82. The molecular formula is C40H31ClN2. The van der Waals surface area contributed by atoms with Crippen LogP contribution in [-0.4, -0.2) is 9.13 Å². The molecule has 5 aromatic carbocycles. The Labute approximate surface area is 255 Å². The van der Waals surface area contributed by atoms with Gasteiger partial charge in [0.25, 0.3) is 0 Å². The highest BCUT2D eigenvalue weighted by Crippen LogP contribution is 2.68. The molecule has 4 aliphatic carbocycles. The van der Waals surface area contributed by atoms with Crippen LogP contribution >= 0.6 is 11.6 Å². The molecule has 208 valence electrons. The molecule has 4 fully saturated rings. The third kappa shape index (κ3) is 2.74. The highest BCUT2D eigenvalue weighted by Gasteiger charge is 2.60. The molecule has 0 radical (unpaired) electrons. The average molecular weight is 575 g/mol. The Balaban J connectivity index is 1.25. The fourth-order valence-electron chi connectivity index (χ4n) is 11.0. The van der Waals surface area contributed by atoms with E-state index in [1.165, 1.54) is 92.7 Å². The largest absolute Gasteiger partial charge is 0.309 e. The first kappa shape index (κ1) is 23.4. The van der Waals surface area contributed by atoms with Gasteiger partial charge in [-0.15, -0.1) is 0 Å². The molecule has 2 nitrogen and oxygen atoms in total. The second-order valence-corrected chi connectivity index (χ2v) is 14.4. The summed E-state index contributed by atoms with van der Waals surface area (Å²) in [6.07, 6.45) is 6.98. The topological polar surface area (TPSA) is 9.86 Å². The lowest BCUT2D eigenvalue weighted by molar-refractivity contribution is -0.0418. The number of benzene rings is 5. The van der Waals surface area contributed by atoms with E-state index in [2.05, 4.69) is 112 Å². The molecule has 2 aromatic heterocycles. The zero-order chi connectivity index (χ0) is 28.0. The number of nitrogens with zero attached hydrogens (tertiary/aromatic N) is 2. The van der Waals surface area contributed by atoms with Crippen LogP contribution < -0.4 is 0 Å². The molecule has 0 atom stereocenters. The quantitative estimate of drug-likeness (QED) is 0.184. The molecule has 12 rings (SSSR count). The van der Waals surface area contributed by atoms with Crippen LogP contribution in [0.3, 0.4) is 0 Å². The van der Waals surface area contributed by atoms with E-state index < -0.39 is 0 Å². The van der Waals surface area contributed by atoms with Crippen LogP contribution in [0.1, 0.15) is 43.2 Å². The summed E-state index contributed by atoms with van der Waals surface area (Å²) in [5, 5.41) is 6.12. The van der Waals surface area contributed by atoms with E-state index in [-0.39, 0.29) is 5.41 Å². The fraction of sp³-hybridized carbons (Fsp3) is 0.250. The summed E-state index contributed by atoms with van der Waals surface area (Å²) >= 11 is 6.82. The van der Waals surface area contributed by atoms with Gasteiger partial charge in [-0.2, -0.15) is 0 Å². The summed E-state index contributed by atoms with van der Waals surface area (Å²) in [5.41, 5.74) is 10.9. The van der Waals surface area contributed by atoms with Gasteiger partial charge in [-0.05, 0) is 109 Å². The summed E-state index contributed by atoms with van der Waals surface area (Å²) in [6.45, 7) is 0. The van der Waals surface area contributed by atoms with Crippen molar-refractivity contribution >= 4 is 55.2 Å². The predicted molar refractivity (Wildman–Crippen MR) is 178 cm³/mol. The van der Waals surface area contributed by atoms with Crippen LogP contribution in [0.5, 0.6) is 0 Å². The molecule has 3 heteroatoms. The van der Waals surface area contributed by atoms with Gasteiger partial charge in [0.15, 0.2) is 0 Å². The van der Waals surface area contributed by atoms with E-state index in [4.69, 9.17) is 11.6 Å². The number of hydrogen-bond acceptors (Lipinski definition) is 0. The molecular weight excluding hydrogens is 544 g/mol. The third-order valence-electron chi connectivity index (χ3n) is 12.1. The number of halogens is 1. The van der Waals surface area contributed by atoms with Crippen LogP contribution in [0.4, 0.5) is 0 Å². The minimum atomic E-state index is 0.0902. The Morgan fingerprint density at radius 1 is 0.535 bits per heavy atom. The summed E-state index contributed by atoms with van der Waals surface area (Å²) in [5.74, 6) is 3.28. The standard InChI is InChI=1S/C40H31ClN2/c41-27-12-14-33-38(21-27)43-37-15-13-28(42-35-10-3-1-6-29(35)30-7-2-4-11-36(30)42)22-32(37)31-8-5-9-34(39(31)43)40(33)25-17-23-16-24(19-25)20-26(40)18-23/h1-15,21-26H,16-20H2. The molecule has 0 saturated heterocycles. The average Bonchev–Trinajstić information content (AvgIpc) is 3.54. The highest BCUT2D eigenvalue weighted by atomic mass is 35.5. The second-order valence-electron chi connectivity index (χ2n) is 13.9. The molecule has 4 saturated carbocycles. The molecule has 43 heavy (non-hydrogen) atoms. The molecule has 5 aliphatic rings. The van der Waals surface area contributed by atoms with E-state index >= 15 is 0 Å². The lowest BCUT2D eigenvalue weighted by Gasteiger charge is -2.63. The SMILES string of the molecule is Clc1ccc2c(c1)-n1c3ccc(-n4c5ccccc5c5ccccc54)cc3c3cccc(c31)C21C2CC3CC(C2)CC1C3. The monoisotopic (exact) mass is 574 g/mol. The van der Waals surface area contributed by atoms with Gasteiger partial charge in [-0.25, -0.2) is 0 Å². The Morgan fingerprint density at radius 3 is 1.91 bits per heavy atom. The van der Waals surface area contributed by atoms with E-state index in [9.17, 15) is 0 Å². The van der Waals surface area contributed by atoms with Gasteiger partial charge in [0.1, 0.15) is 0 Å². The number of hydrogen-bond donors (Lipinski definition) is 0. The Kier molecular flexibility index (Phi) is 4.32. The number of para-hydroxylation sites is 3.